The van der Waals surface area contributed by atoms with E-state index in [2.05, 4.69) is 54.6 Å². The summed E-state index contributed by atoms with van der Waals surface area (Å²) in [4.78, 5) is 6.12. The predicted octanol–water partition coefficient (Wildman–Crippen LogP) is 4.32. The lowest BCUT2D eigenvalue weighted by Gasteiger charge is -2.20. The van der Waals surface area contributed by atoms with E-state index in [0.717, 1.165) is 25.4 Å². The Hall–Kier alpha value is -1.19. The molecule has 1 N–H and O–H groups in total. The second kappa shape index (κ2) is 6.71. The van der Waals surface area contributed by atoms with E-state index < -0.39 is 0 Å². The van der Waals surface area contributed by atoms with Crippen molar-refractivity contribution in [3.8, 4) is 0 Å². The van der Waals surface area contributed by atoms with E-state index in [-0.39, 0.29) is 0 Å². The van der Waals surface area contributed by atoms with Crippen LogP contribution in [0.3, 0.4) is 0 Å². The molecular formula is C18H24N2S. The highest BCUT2D eigenvalue weighted by Gasteiger charge is 2.17. The molecule has 112 valence electrons. The quantitative estimate of drug-likeness (QED) is 0.909. The third-order valence-corrected chi connectivity index (χ3v) is 5.47. The third kappa shape index (κ3) is 3.72. The summed E-state index contributed by atoms with van der Waals surface area (Å²) in [7, 11) is 0. The molecule has 0 saturated carbocycles. The van der Waals surface area contributed by atoms with Crippen molar-refractivity contribution in [1.82, 2.24) is 10.3 Å². The lowest BCUT2D eigenvalue weighted by Crippen LogP contribution is -2.26. The maximum atomic E-state index is 4.64. The van der Waals surface area contributed by atoms with Crippen LogP contribution in [0.15, 0.2) is 30.5 Å². The van der Waals surface area contributed by atoms with Crippen LogP contribution in [-0.4, -0.2) is 18.1 Å². The number of hydrogen-bond acceptors (Lipinski definition) is 3. The lowest BCUT2D eigenvalue weighted by molar-refractivity contribution is 0.465. The fourth-order valence-electron chi connectivity index (χ4n) is 2.90. The maximum absolute atomic E-state index is 4.64. The van der Waals surface area contributed by atoms with E-state index in [4.69, 9.17) is 0 Å². The fraction of sp³-hybridized carbons (Fsp3) is 0.500. The summed E-state index contributed by atoms with van der Waals surface area (Å²) < 4.78 is 0. The molecule has 1 fully saturated rings. The zero-order valence-corrected chi connectivity index (χ0v) is 13.7. The number of rotatable bonds is 4. The van der Waals surface area contributed by atoms with Gasteiger partial charge in [0.25, 0.3) is 0 Å². The Kier molecular flexibility index (Phi) is 4.71. The molecule has 2 heterocycles. The SMILES string of the molecule is CC(C)c1ccc(Cc2ncc(C3CCNCC3)s2)cc1. The van der Waals surface area contributed by atoms with Crippen LogP contribution in [0, 0.1) is 0 Å². The van der Waals surface area contributed by atoms with Crippen molar-refractivity contribution in [2.24, 2.45) is 0 Å². The molecule has 0 bridgehead atoms. The maximum Gasteiger partial charge on any atom is 0.0971 e. The van der Waals surface area contributed by atoms with Gasteiger partial charge in [-0.3, -0.25) is 0 Å². The first-order valence-corrected chi connectivity index (χ1v) is 8.78. The number of thiazole rings is 1. The number of piperidine rings is 1. The highest BCUT2D eigenvalue weighted by Crippen LogP contribution is 2.30. The third-order valence-electron chi connectivity index (χ3n) is 4.31. The summed E-state index contributed by atoms with van der Waals surface area (Å²) in [6, 6.07) is 9.00. The van der Waals surface area contributed by atoms with Crippen LogP contribution in [0.5, 0.6) is 0 Å². The molecule has 0 atom stereocenters. The van der Waals surface area contributed by atoms with E-state index in [1.54, 1.807) is 0 Å². The highest BCUT2D eigenvalue weighted by atomic mass is 32.1. The van der Waals surface area contributed by atoms with Crippen LogP contribution < -0.4 is 5.32 Å². The average Bonchev–Trinajstić information content (AvgIpc) is 2.97. The Morgan fingerprint density at radius 3 is 2.57 bits per heavy atom. The molecule has 2 nitrogen and oxygen atoms in total. The molecular weight excluding hydrogens is 276 g/mol. The Morgan fingerprint density at radius 1 is 1.19 bits per heavy atom. The van der Waals surface area contributed by atoms with Crippen molar-refractivity contribution < 1.29 is 0 Å². The fourth-order valence-corrected chi connectivity index (χ4v) is 4.02. The van der Waals surface area contributed by atoms with Gasteiger partial charge >= 0.3 is 0 Å². The number of nitrogens with one attached hydrogen (secondary N) is 1. The van der Waals surface area contributed by atoms with Crippen molar-refractivity contribution in [1.29, 1.82) is 0 Å². The van der Waals surface area contributed by atoms with Gasteiger partial charge in [0.2, 0.25) is 0 Å². The molecule has 2 aromatic rings. The minimum atomic E-state index is 0.602. The van der Waals surface area contributed by atoms with Crippen molar-refractivity contribution >= 4 is 11.3 Å². The van der Waals surface area contributed by atoms with E-state index in [1.165, 1.54) is 33.9 Å². The molecule has 1 saturated heterocycles. The molecule has 0 amide bonds. The number of hydrogen-bond donors (Lipinski definition) is 1. The summed E-state index contributed by atoms with van der Waals surface area (Å²) in [6.45, 7) is 6.77. The Labute approximate surface area is 131 Å². The normalized spacial score (nSPS) is 16.5. The second-order valence-electron chi connectivity index (χ2n) is 6.25. The largest absolute Gasteiger partial charge is 0.317 e. The van der Waals surface area contributed by atoms with Crippen LogP contribution in [0.25, 0.3) is 0 Å². The molecule has 1 aliphatic rings. The smallest absolute Gasteiger partial charge is 0.0971 e. The molecule has 0 unspecified atom stereocenters. The van der Waals surface area contributed by atoms with Crippen LogP contribution in [0.2, 0.25) is 0 Å². The standard InChI is InChI=1S/C18H24N2S/c1-13(2)15-5-3-14(4-6-15)11-18-20-12-17(21-18)16-7-9-19-10-8-16/h3-6,12-13,16,19H,7-11H2,1-2H3. The van der Waals surface area contributed by atoms with Gasteiger partial charge < -0.3 is 5.32 Å². The molecule has 0 spiro atoms. The predicted molar refractivity (Wildman–Crippen MR) is 90.3 cm³/mol. The van der Waals surface area contributed by atoms with Crippen molar-refractivity contribution in [2.45, 2.75) is 44.9 Å². The van der Waals surface area contributed by atoms with Crippen molar-refractivity contribution in [2.75, 3.05) is 13.1 Å². The Bertz CT molecular complexity index is 565. The van der Waals surface area contributed by atoms with Gasteiger partial charge in [0, 0.05) is 17.5 Å². The van der Waals surface area contributed by atoms with Crippen LogP contribution in [0.4, 0.5) is 0 Å². The minimum absolute atomic E-state index is 0.602. The van der Waals surface area contributed by atoms with Gasteiger partial charge in [-0.05, 0) is 48.9 Å². The monoisotopic (exact) mass is 300 g/mol. The zero-order valence-electron chi connectivity index (χ0n) is 12.9. The number of nitrogens with zero attached hydrogens (tertiary/aromatic N) is 1. The average molecular weight is 300 g/mol. The summed E-state index contributed by atoms with van der Waals surface area (Å²) in [6.07, 6.45) is 5.59. The lowest BCUT2D eigenvalue weighted by atomic mass is 9.97. The summed E-state index contributed by atoms with van der Waals surface area (Å²) in [5, 5.41) is 4.68. The topological polar surface area (TPSA) is 24.9 Å². The van der Waals surface area contributed by atoms with Gasteiger partial charge in [0.15, 0.2) is 0 Å². The summed E-state index contributed by atoms with van der Waals surface area (Å²) in [5.41, 5.74) is 2.78. The van der Waals surface area contributed by atoms with Crippen LogP contribution >= 0.6 is 11.3 Å². The molecule has 0 radical (unpaired) electrons. The molecule has 3 rings (SSSR count). The number of benzene rings is 1. The van der Waals surface area contributed by atoms with Crippen molar-refractivity contribution in [3.05, 3.63) is 51.5 Å². The zero-order chi connectivity index (χ0) is 14.7. The van der Waals surface area contributed by atoms with Gasteiger partial charge in [-0.25, -0.2) is 4.98 Å². The first-order valence-electron chi connectivity index (χ1n) is 7.96. The summed E-state index contributed by atoms with van der Waals surface area (Å²) in [5.74, 6) is 1.33. The van der Waals surface area contributed by atoms with Crippen LogP contribution in [0.1, 0.15) is 59.5 Å². The molecule has 21 heavy (non-hydrogen) atoms. The Balaban J connectivity index is 1.66. The van der Waals surface area contributed by atoms with E-state index in [0.29, 0.717) is 5.92 Å². The molecule has 1 aromatic heterocycles. The first kappa shape index (κ1) is 14.7. The number of aromatic nitrogens is 1. The Morgan fingerprint density at radius 2 is 1.90 bits per heavy atom. The van der Waals surface area contributed by atoms with Gasteiger partial charge in [-0.2, -0.15) is 0 Å². The van der Waals surface area contributed by atoms with E-state index >= 15 is 0 Å². The van der Waals surface area contributed by atoms with Crippen molar-refractivity contribution in [3.63, 3.8) is 0 Å². The van der Waals surface area contributed by atoms with Crippen LogP contribution in [-0.2, 0) is 6.42 Å². The first-order chi connectivity index (χ1) is 10.2. The van der Waals surface area contributed by atoms with Gasteiger partial charge in [0.1, 0.15) is 0 Å². The van der Waals surface area contributed by atoms with Gasteiger partial charge in [0.05, 0.1) is 5.01 Å². The van der Waals surface area contributed by atoms with Gasteiger partial charge in [-0.15, -0.1) is 11.3 Å². The molecule has 3 heteroatoms. The van der Waals surface area contributed by atoms with E-state index in [9.17, 15) is 0 Å². The molecule has 1 aromatic carbocycles. The van der Waals surface area contributed by atoms with Gasteiger partial charge in [-0.1, -0.05) is 38.1 Å². The second-order valence-corrected chi connectivity index (χ2v) is 7.40. The molecule has 1 aliphatic heterocycles. The highest BCUT2D eigenvalue weighted by molar-refractivity contribution is 7.11. The molecule has 0 aliphatic carbocycles. The van der Waals surface area contributed by atoms with E-state index in [1.807, 2.05) is 11.3 Å². The minimum Gasteiger partial charge on any atom is -0.317 e. The summed E-state index contributed by atoms with van der Waals surface area (Å²) >= 11 is 1.91.